The van der Waals surface area contributed by atoms with E-state index in [1.807, 2.05) is 24.3 Å². The van der Waals surface area contributed by atoms with Crippen molar-refractivity contribution in [3.63, 3.8) is 0 Å². The number of para-hydroxylation sites is 1. The van der Waals surface area contributed by atoms with Crippen LogP contribution in [0.5, 0.6) is 5.75 Å². The molecule has 0 aromatic heterocycles. The van der Waals surface area contributed by atoms with Gasteiger partial charge in [0.25, 0.3) is 0 Å². The molecule has 4 nitrogen and oxygen atoms in total. The maximum absolute atomic E-state index is 11.7. The summed E-state index contributed by atoms with van der Waals surface area (Å²) >= 11 is 0. The van der Waals surface area contributed by atoms with Crippen LogP contribution in [0.4, 0.5) is 0 Å². The molecule has 1 heterocycles. The SMILES string of the molecule is CCOC(=O)C1=C(O)[C@H]2Oc3ccccc3[C@H]2C1. The number of hydrogen-bond acceptors (Lipinski definition) is 4. The van der Waals surface area contributed by atoms with Crippen LogP contribution >= 0.6 is 0 Å². The molecule has 3 rings (SSSR count). The molecular formula is C14H14O4. The summed E-state index contributed by atoms with van der Waals surface area (Å²) in [5, 5.41) is 10.1. The smallest absolute Gasteiger partial charge is 0.337 e. The van der Waals surface area contributed by atoms with Crippen molar-refractivity contribution in [3.05, 3.63) is 41.2 Å². The maximum atomic E-state index is 11.7. The molecule has 0 bridgehead atoms. The topological polar surface area (TPSA) is 55.8 Å². The van der Waals surface area contributed by atoms with Gasteiger partial charge >= 0.3 is 5.97 Å². The minimum atomic E-state index is -0.439. The van der Waals surface area contributed by atoms with Gasteiger partial charge in [-0.25, -0.2) is 4.79 Å². The molecular weight excluding hydrogens is 232 g/mol. The van der Waals surface area contributed by atoms with Gasteiger partial charge in [0, 0.05) is 11.5 Å². The van der Waals surface area contributed by atoms with Crippen molar-refractivity contribution in [3.8, 4) is 5.75 Å². The van der Waals surface area contributed by atoms with Crippen molar-refractivity contribution in [2.45, 2.75) is 25.4 Å². The van der Waals surface area contributed by atoms with E-state index >= 15 is 0 Å². The number of ether oxygens (including phenoxy) is 2. The van der Waals surface area contributed by atoms with Gasteiger partial charge in [-0.3, -0.25) is 0 Å². The highest BCUT2D eigenvalue weighted by Crippen LogP contribution is 2.48. The van der Waals surface area contributed by atoms with E-state index in [2.05, 4.69) is 0 Å². The number of rotatable bonds is 2. The molecule has 0 spiro atoms. The summed E-state index contributed by atoms with van der Waals surface area (Å²) in [6.45, 7) is 2.06. The third-order valence-corrected chi connectivity index (χ3v) is 3.46. The fourth-order valence-corrected chi connectivity index (χ4v) is 2.64. The number of hydrogen-bond donors (Lipinski definition) is 1. The van der Waals surface area contributed by atoms with E-state index in [4.69, 9.17) is 9.47 Å². The van der Waals surface area contributed by atoms with Gasteiger partial charge in [0.05, 0.1) is 12.2 Å². The quantitative estimate of drug-likeness (QED) is 0.813. The number of fused-ring (bicyclic) bond motifs is 3. The minimum absolute atomic E-state index is 0.0228. The molecule has 1 aliphatic carbocycles. The summed E-state index contributed by atoms with van der Waals surface area (Å²) < 4.78 is 10.6. The Morgan fingerprint density at radius 1 is 1.50 bits per heavy atom. The molecule has 0 saturated heterocycles. The number of carbonyl (C=O) groups excluding carboxylic acids is 1. The second-order valence-corrected chi connectivity index (χ2v) is 4.47. The molecule has 1 aliphatic heterocycles. The van der Waals surface area contributed by atoms with Crippen LogP contribution in [0.1, 0.15) is 24.8 Å². The highest BCUT2D eigenvalue weighted by molar-refractivity contribution is 5.90. The zero-order valence-corrected chi connectivity index (χ0v) is 10.1. The van der Waals surface area contributed by atoms with Crippen molar-refractivity contribution >= 4 is 5.97 Å². The van der Waals surface area contributed by atoms with Crippen molar-refractivity contribution in [2.24, 2.45) is 0 Å². The molecule has 1 aromatic carbocycles. The van der Waals surface area contributed by atoms with Crippen LogP contribution in [0.3, 0.4) is 0 Å². The lowest BCUT2D eigenvalue weighted by atomic mass is 9.96. The van der Waals surface area contributed by atoms with Crippen molar-refractivity contribution < 1.29 is 19.4 Å². The molecule has 0 saturated carbocycles. The number of aliphatic hydroxyl groups is 1. The molecule has 1 N–H and O–H groups in total. The molecule has 2 atom stereocenters. The molecule has 0 unspecified atom stereocenters. The van der Waals surface area contributed by atoms with E-state index in [-0.39, 0.29) is 11.7 Å². The third kappa shape index (κ3) is 1.49. The zero-order valence-electron chi connectivity index (χ0n) is 10.1. The summed E-state index contributed by atoms with van der Waals surface area (Å²) in [4.78, 5) is 11.7. The first kappa shape index (κ1) is 11.1. The standard InChI is InChI=1S/C14H14O4/c1-2-17-14(16)10-7-9-8-5-3-4-6-11(8)18-13(9)12(10)15/h3-6,9,13,15H,2,7H2,1H3/t9-,13+/m1/s1. The summed E-state index contributed by atoms with van der Waals surface area (Å²) in [5.74, 6) is 0.405. The first-order valence-corrected chi connectivity index (χ1v) is 6.07. The third-order valence-electron chi connectivity index (χ3n) is 3.46. The van der Waals surface area contributed by atoms with Gasteiger partial charge in [-0.2, -0.15) is 0 Å². The van der Waals surface area contributed by atoms with Gasteiger partial charge in [0.15, 0.2) is 6.10 Å². The molecule has 0 amide bonds. The number of carbonyl (C=O) groups is 1. The lowest BCUT2D eigenvalue weighted by Gasteiger charge is -2.09. The highest BCUT2D eigenvalue weighted by Gasteiger charge is 2.45. The van der Waals surface area contributed by atoms with E-state index in [1.165, 1.54) is 0 Å². The highest BCUT2D eigenvalue weighted by atomic mass is 16.5. The first-order chi connectivity index (χ1) is 8.72. The Morgan fingerprint density at radius 2 is 2.28 bits per heavy atom. The van der Waals surface area contributed by atoms with E-state index in [1.54, 1.807) is 6.92 Å². The fourth-order valence-electron chi connectivity index (χ4n) is 2.64. The molecule has 0 fully saturated rings. The second kappa shape index (κ2) is 4.05. The lowest BCUT2D eigenvalue weighted by molar-refractivity contribution is -0.138. The molecule has 4 heteroatoms. The molecule has 1 aromatic rings. The Labute approximate surface area is 105 Å². The summed E-state index contributed by atoms with van der Waals surface area (Å²) in [5.41, 5.74) is 1.40. The predicted octanol–water partition coefficient (Wildman–Crippen LogP) is 2.31. The summed E-state index contributed by atoms with van der Waals surface area (Å²) in [6.07, 6.45) is 0.0496. The Bertz CT molecular complexity index is 532. The van der Waals surface area contributed by atoms with E-state index in [0.29, 0.717) is 18.6 Å². The van der Waals surface area contributed by atoms with Crippen LogP contribution in [0.2, 0.25) is 0 Å². The Morgan fingerprint density at radius 3 is 3.06 bits per heavy atom. The van der Waals surface area contributed by atoms with Gasteiger partial charge in [-0.1, -0.05) is 18.2 Å². The van der Waals surface area contributed by atoms with Gasteiger partial charge < -0.3 is 14.6 Å². The Hall–Kier alpha value is -1.97. The molecule has 18 heavy (non-hydrogen) atoms. The van der Waals surface area contributed by atoms with Crippen LogP contribution in [-0.2, 0) is 9.53 Å². The van der Waals surface area contributed by atoms with Gasteiger partial charge in [-0.05, 0) is 19.4 Å². The summed E-state index contributed by atoms with van der Waals surface area (Å²) in [7, 11) is 0. The molecule has 94 valence electrons. The van der Waals surface area contributed by atoms with Gasteiger partial charge in [-0.15, -0.1) is 0 Å². The van der Waals surface area contributed by atoms with Crippen molar-refractivity contribution in [1.82, 2.24) is 0 Å². The van der Waals surface area contributed by atoms with Crippen molar-refractivity contribution in [1.29, 1.82) is 0 Å². The largest absolute Gasteiger partial charge is 0.508 e. The summed E-state index contributed by atoms with van der Waals surface area (Å²) in [6, 6.07) is 7.68. The Kier molecular flexibility index (Phi) is 2.51. The number of benzene rings is 1. The minimum Gasteiger partial charge on any atom is -0.508 e. The van der Waals surface area contributed by atoms with Crippen molar-refractivity contribution in [2.75, 3.05) is 6.61 Å². The average molecular weight is 246 g/mol. The maximum Gasteiger partial charge on any atom is 0.337 e. The van der Waals surface area contributed by atoms with E-state index in [0.717, 1.165) is 11.3 Å². The Balaban J connectivity index is 1.90. The van der Waals surface area contributed by atoms with Crippen LogP contribution < -0.4 is 4.74 Å². The van der Waals surface area contributed by atoms with Crippen LogP contribution in [0.25, 0.3) is 0 Å². The van der Waals surface area contributed by atoms with E-state index < -0.39 is 12.1 Å². The molecule has 0 radical (unpaired) electrons. The van der Waals surface area contributed by atoms with Crippen LogP contribution in [-0.4, -0.2) is 23.8 Å². The first-order valence-electron chi connectivity index (χ1n) is 6.07. The number of esters is 1. The van der Waals surface area contributed by atoms with Crippen LogP contribution in [0.15, 0.2) is 35.6 Å². The average Bonchev–Trinajstić information content (AvgIpc) is 2.88. The molecule has 2 aliphatic rings. The normalized spacial score (nSPS) is 24.5. The van der Waals surface area contributed by atoms with Crippen LogP contribution in [0, 0.1) is 0 Å². The fraction of sp³-hybridized carbons (Fsp3) is 0.357. The number of aliphatic hydroxyl groups excluding tert-OH is 1. The predicted molar refractivity (Wildman–Crippen MR) is 64.5 cm³/mol. The van der Waals surface area contributed by atoms with E-state index in [9.17, 15) is 9.90 Å². The monoisotopic (exact) mass is 246 g/mol. The van der Waals surface area contributed by atoms with Gasteiger partial charge in [0.2, 0.25) is 0 Å². The lowest BCUT2D eigenvalue weighted by Crippen LogP contribution is -2.16. The second-order valence-electron chi connectivity index (χ2n) is 4.47. The zero-order chi connectivity index (χ0) is 12.7. The van der Waals surface area contributed by atoms with Gasteiger partial charge in [0.1, 0.15) is 11.5 Å².